The summed E-state index contributed by atoms with van der Waals surface area (Å²) in [6, 6.07) is 5.68. The summed E-state index contributed by atoms with van der Waals surface area (Å²) >= 11 is 0. The van der Waals surface area contributed by atoms with E-state index in [0.717, 1.165) is 27.7 Å². The number of carbonyl (C=O) groups excluding carboxylic acids is 1. The number of amides is 1. The summed E-state index contributed by atoms with van der Waals surface area (Å²) in [6.07, 6.45) is -0.618. The molecule has 1 aromatic carbocycles. The van der Waals surface area contributed by atoms with Gasteiger partial charge in [0.05, 0.1) is 17.6 Å². The molecular formula is C16H18N2O3. The van der Waals surface area contributed by atoms with Crippen molar-refractivity contribution in [1.82, 2.24) is 10.0 Å². The quantitative estimate of drug-likeness (QED) is 0.870. The van der Waals surface area contributed by atoms with Gasteiger partial charge in [-0.1, -0.05) is 12.1 Å². The fourth-order valence-electron chi connectivity index (χ4n) is 2.58. The largest absolute Gasteiger partial charge is 0.389 e. The highest BCUT2D eigenvalue weighted by Gasteiger charge is 2.28. The Morgan fingerprint density at radius 1 is 1.38 bits per heavy atom. The fraction of sp³-hybridized carbons (Fsp3) is 0.375. The summed E-state index contributed by atoms with van der Waals surface area (Å²) in [4.78, 5) is 22.4. The maximum absolute atomic E-state index is 12.6. The highest BCUT2D eigenvalue weighted by molar-refractivity contribution is 6.06. The van der Waals surface area contributed by atoms with Crippen LogP contribution in [0, 0.1) is 20.8 Å². The van der Waals surface area contributed by atoms with E-state index in [-0.39, 0.29) is 19.1 Å². The molecule has 0 unspecified atom stereocenters. The van der Waals surface area contributed by atoms with E-state index >= 15 is 0 Å². The summed E-state index contributed by atoms with van der Waals surface area (Å²) in [5, 5.41) is 11.6. The standard InChI is InChI=1S/C16H18N2O3/c1-9-4-5-13-14(6-10(2)17-15(13)11(9)3)16(20)18-7-12(19)8-21-18/h4-6,12,19H,7-8H2,1-3H3/t12-/m1/s1. The number of pyridine rings is 1. The summed E-state index contributed by atoms with van der Waals surface area (Å²) in [5.74, 6) is -0.231. The molecule has 0 saturated carbocycles. The minimum absolute atomic E-state index is 0.159. The molecular weight excluding hydrogens is 268 g/mol. The van der Waals surface area contributed by atoms with Crippen LogP contribution in [0.4, 0.5) is 0 Å². The van der Waals surface area contributed by atoms with Gasteiger partial charge in [0.25, 0.3) is 5.91 Å². The number of carbonyl (C=O) groups is 1. The maximum atomic E-state index is 12.6. The number of aromatic nitrogens is 1. The molecule has 1 amide bonds. The van der Waals surface area contributed by atoms with E-state index in [1.807, 2.05) is 32.9 Å². The first-order valence-corrected chi connectivity index (χ1v) is 6.98. The first-order chi connectivity index (χ1) is 9.97. The van der Waals surface area contributed by atoms with Crippen molar-refractivity contribution in [3.8, 4) is 0 Å². The maximum Gasteiger partial charge on any atom is 0.278 e. The predicted octanol–water partition coefficient (Wildman–Crippen LogP) is 1.91. The predicted molar refractivity (Wildman–Crippen MR) is 78.9 cm³/mol. The van der Waals surface area contributed by atoms with Crippen LogP contribution in [-0.2, 0) is 4.84 Å². The monoisotopic (exact) mass is 286 g/mol. The van der Waals surface area contributed by atoms with Crippen LogP contribution in [0.1, 0.15) is 27.2 Å². The third-order valence-corrected chi connectivity index (χ3v) is 3.89. The second-order valence-corrected chi connectivity index (χ2v) is 5.53. The Morgan fingerprint density at radius 3 is 2.81 bits per heavy atom. The number of aliphatic hydroxyl groups excluding tert-OH is 1. The number of rotatable bonds is 1. The van der Waals surface area contributed by atoms with E-state index in [2.05, 4.69) is 4.98 Å². The zero-order valence-electron chi connectivity index (χ0n) is 12.4. The van der Waals surface area contributed by atoms with Crippen LogP contribution < -0.4 is 0 Å². The second-order valence-electron chi connectivity index (χ2n) is 5.53. The fourth-order valence-corrected chi connectivity index (χ4v) is 2.58. The minimum atomic E-state index is -0.618. The summed E-state index contributed by atoms with van der Waals surface area (Å²) in [7, 11) is 0. The average molecular weight is 286 g/mol. The van der Waals surface area contributed by atoms with Crippen molar-refractivity contribution in [2.24, 2.45) is 0 Å². The molecule has 3 rings (SSSR count). The molecule has 0 radical (unpaired) electrons. The van der Waals surface area contributed by atoms with Gasteiger partial charge < -0.3 is 5.11 Å². The van der Waals surface area contributed by atoms with E-state index in [1.54, 1.807) is 6.07 Å². The minimum Gasteiger partial charge on any atom is -0.389 e. The van der Waals surface area contributed by atoms with Crippen molar-refractivity contribution in [2.45, 2.75) is 26.9 Å². The number of benzene rings is 1. The Kier molecular flexibility index (Phi) is 3.39. The van der Waals surface area contributed by atoms with Crippen LogP contribution in [0.5, 0.6) is 0 Å². The number of fused-ring (bicyclic) bond motifs is 1. The highest BCUT2D eigenvalue weighted by atomic mass is 16.7. The molecule has 2 heterocycles. The molecule has 1 saturated heterocycles. The smallest absolute Gasteiger partial charge is 0.278 e. The van der Waals surface area contributed by atoms with Gasteiger partial charge in [-0.25, -0.2) is 5.06 Å². The zero-order valence-corrected chi connectivity index (χ0v) is 12.4. The van der Waals surface area contributed by atoms with Crippen molar-refractivity contribution in [1.29, 1.82) is 0 Å². The van der Waals surface area contributed by atoms with Crippen molar-refractivity contribution < 1.29 is 14.7 Å². The van der Waals surface area contributed by atoms with Gasteiger partial charge in [-0.3, -0.25) is 14.6 Å². The normalized spacial score (nSPS) is 18.5. The molecule has 5 nitrogen and oxygen atoms in total. The molecule has 21 heavy (non-hydrogen) atoms. The van der Waals surface area contributed by atoms with Crippen molar-refractivity contribution in [2.75, 3.05) is 13.2 Å². The number of β-amino-alcohol motifs (C(OH)–C–C–N with tert-alkyl or cyclic N) is 1. The summed E-state index contributed by atoms with van der Waals surface area (Å²) < 4.78 is 0. The number of hydroxylamine groups is 2. The van der Waals surface area contributed by atoms with Gasteiger partial charge in [0.2, 0.25) is 0 Å². The molecule has 1 aliphatic heterocycles. The zero-order chi connectivity index (χ0) is 15.1. The van der Waals surface area contributed by atoms with Crippen LogP contribution in [0.15, 0.2) is 18.2 Å². The Morgan fingerprint density at radius 2 is 2.14 bits per heavy atom. The van der Waals surface area contributed by atoms with Gasteiger partial charge >= 0.3 is 0 Å². The molecule has 5 heteroatoms. The first-order valence-electron chi connectivity index (χ1n) is 6.98. The number of aliphatic hydroxyl groups is 1. The van der Waals surface area contributed by atoms with E-state index in [9.17, 15) is 9.90 Å². The molecule has 0 aliphatic carbocycles. The SMILES string of the molecule is Cc1cc(C(=O)N2C[C@@H](O)CO2)c2ccc(C)c(C)c2n1. The lowest BCUT2D eigenvalue weighted by Gasteiger charge is -2.16. The van der Waals surface area contributed by atoms with Crippen LogP contribution in [-0.4, -0.2) is 40.3 Å². The number of hydrogen-bond donors (Lipinski definition) is 1. The van der Waals surface area contributed by atoms with Gasteiger partial charge in [-0.15, -0.1) is 0 Å². The summed E-state index contributed by atoms with van der Waals surface area (Å²) in [5.41, 5.74) is 4.42. The average Bonchev–Trinajstić information content (AvgIpc) is 2.88. The molecule has 1 fully saturated rings. The topological polar surface area (TPSA) is 62.7 Å². The molecule has 110 valence electrons. The Labute approximate surface area is 123 Å². The molecule has 1 atom stereocenters. The van der Waals surface area contributed by atoms with Crippen molar-refractivity contribution in [3.63, 3.8) is 0 Å². The first kappa shape index (κ1) is 14.0. The molecule has 0 spiro atoms. The lowest BCUT2D eigenvalue weighted by atomic mass is 10.0. The lowest BCUT2D eigenvalue weighted by molar-refractivity contribution is -0.0778. The van der Waals surface area contributed by atoms with Gasteiger partial charge in [-0.05, 0) is 38.0 Å². The third kappa shape index (κ3) is 2.39. The molecule has 1 aliphatic rings. The Bertz CT molecular complexity index is 727. The van der Waals surface area contributed by atoms with Gasteiger partial charge in [0.15, 0.2) is 0 Å². The Balaban J connectivity index is 2.14. The van der Waals surface area contributed by atoms with Crippen LogP contribution in [0.25, 0.3) is 10.9 Å². The lowest BCUT2D eigenvalue weighted by Crippen LogP contribution is -2.28. The molecule has 1 aromatic heterocycles. The van der Waals surface area contributed by atoms with Gasteiger partial charge in [0.1, 0.15) is 12.7 Å². The van der Waals surface area contributed by atoms with Crippen molar-refractivity contribution in [3.05, 3.63) is 40.6 Å². The van der Waals surface area contributed by atoms with E-state index in [0.29, 0.717) is 5.56 Å². The van der Waals surface area contributed by atoms with Gasteiger partial charge in [-0.2, -0.15) is 0 Å². The van der Waals surface area contributed by atoms with Crippen LogP contribution in [0.2, 0.25) is 0 Å². The number of aryl methyl sites for hydroxylation is 3. The van der Waals surface area contributed by atoms with Gasteiger partial charge in [0, 0.05) is 11.1 Å². The highest BCUT2D eigenvalue weighted by Crippen LogP contribution is 2.25. The number of hydrogen-bond acceptors (Lipinski definition) is 4. The van der Waals surface area contributed by atoms with Crippen LogP contribution >= 0.6 is 0 Å². The van der Waals surface area contributed by atoms with E-state index in [1.165, 1.54) is 5.06 Å². The second kappa shape index (κ2) is 5.09. The number of nitrogens with zero attached hydrogens (tertiary/aromatic N) is 2. The van der Waals surface area contributed by atoms with E-state index < -0.39 is 6.10 Å². The molecule has 0 bridgehead atoms. The molecule has 2 aromatic rings. The van der Waals surface area contributed by atoms with E-state index in [4.69, 9.17) is 4.84 Å². The Hall–Kier alpha value is -1.98. The van der Waals surface area contributed by atoms with Crippen molar-refractivity contribution >= 4 is 16.8 Å². The molecule has 1 N–H and O–H groups in total. The summed E-state index contributed by atoms with van der Waals surface area (Å²) in [6.45, 7) is 6.27. The third-order valence-electron chi connectivity index (χ3n) is 3.89. The van der Waals surface area contributed by atoms with Crippen LogP contribution in [0.3, 0.4) is 0 Å².